The lowest BCUT2D eigenvalue weighted by Gasteiger charge is -2.22. The van der Waals surface area contributed by atoms with Crippen LogP contribution in [0.15, 0.2) is 36.5 Å². The van der Waals surface area contributed by atoms with Gasteiger partial charge in [-0.15, -0.1) is 12.4 Å². The van der Waals surface area contributed by atoms with Gasteiger partial charge in [0.25, 0.3) is 0 Å². The van der Waals surface area contributed by atoms with Crippen LogP contribution in [0.2, 0.25) is 5.02 Å². The molecule has 1 atom stereocenters. The number of nitrogens with one attached hydrogen (secondary N) is 2. The first-order chi connectivity index (χ1) is 10.7. The maximum atomic E-state index is 12.3. The molecule has 2 N–H and O–H groups in total. The zero-order valence-corrected chi connectivity index (χ0v) is 14.2. The van der Waals surface area contributed by atoms with Gasteiger partial charge in [-0.2, -0.15) is 5.10 Å². The third kappa shape index (κ3) is 4.70. The highest BCUT2D eigenvalue weighted by molar-refractivity contribution is 6.30. The molecule has 5 nitrogen and oxygen atoms in total. The van der Waals surface area contributed by atoms with Crippen LogP contribution in [-0.4, -0.2) is 28.8 Å². The molecular weight excluding hydrogens is 335 g/mol. The van der Waals surface area contributed by atoms with E-state index in [0.717, 1.165) is 37.3 Å². The number of piperidine rings is 1. The van der Waals surface area contributed by atoms with E-state index in [2.05, 4.69) is 15.7 Å². The molecule has 1 aliphatic heterocycles. The van der Waals surface area contributed by atoms with E-state index in [4.69, 9.17) is 11.6 Å². The van der Waals surface area contributed by atoms with Crippen LogP contribution >= 0.6 is 24.0 Å². The second-order valence-corrected chi connectivity index (χ2v) is 5.97. The molecule has 2 aromatic rings. The predicted molar refractivity (Wildman–Crippen MR) is 94.3 cm³/mol. The predicted octanol–water partition coefficient (Wildman–Crippen LogP) is 2.94. The van der Waals surface area contributed by atoms with E-state index in [-0.39, 0.29) is 24.2 Å². The summed E-state index contributed by atoms with van der Waals surface area (Å²) in [4.78, 5) is 12.3. The van der Waals surface area contributed by atoms with Crippen molar-refractivity contribution in [2.45, 2.75) is 19.4 Å². The minimum absolute atomic E-state index is 0. The Balaban J connectivity index is 0.00000192. The molecule has 1 saturated heterocycles. The number of anilines is 1. The average molecular weight is 355 g/mol. The Morgan fingerprint density at radius 3 is 2.83 bits per heavy atom. The monoisotopic (exact) mass is 354 g/mol. The van der Waals surface area contributed by atoms with Crippen molar-refractivity contribution < 1.29 is 4.79 Å². The van der Waals surface area contributed by atoms with Crippen molar-refractivity contribution in [3.8, 4) is 0 Å². The number of halogens is 2. The Labute approximate surface area is 146 Å². The lowest BCUT2D eigenvalue weighted by molar-refractivity contribution is -0.120. The smallest absolute Gasteiger partial charge is 0.229 e. The first kappa shape index (κ1) is 17.8. The van der Waals surface area contributed by atoms with E-state index < -0.39 is 0 Å². The Hall–Kier alpha value is -1.56. The summed E-state index contributed by atoms with van der Waals surface area (Å²) in [6.07, 6.45) is 3.68. The minimum Gasteiger partial charge on any atom is -0.316 e. The number of hydrogen-bond donors (Lipinski definition) is 2. The molecule has 0 spiro atoms. The molecule has 2 heterocycles. The van der Waals surface area contributed by atoms with E-state index in [1.54, 1.807) is 10.9 Å². The normalized spacial score (nSPS) is 17.3. The van der Waals surface area contributed by atoms with Gasteiger partial charge in [0.15, 0.2) is 0 Å². The van der Waals surface area contributed by atoms with Crippen molar-refractivity contribution in [2.75, 3.05) is 18.4 Å². The van der Waals surface area contributed by atoms with Crippen LogP contribution in [0.5, 0.6) is 0 Å². The molecule has 1 aliphatic rings. The molecule has 0 radical (unpaired) electrons. The average Bonchev–Trinajstić information content (AvgIpc) is 2.97. The zero-order chi connectivity index (χ0) is 15.4. The third-order valence-corrected chi connectivity index (χ3v) is 4.13. The summed E-state index contributed by atoms with van der Waals surface area (Å²) in [5, 5.41) is 11.2. The summed E-state index contributed by atoms with van der Waals surface area (Å²) in [6, 6.07) is 9.45. The second-order valence-electron chi connectivity index (χ2n) is 5.53. The SMILES string of the molecule is Cl.O=C(Nc1ccnn1Cc1ccc(Cl)cc1)C1CCCNC1. The first-order valence-electron chi connectivity index (χ1n) is 7.50. The van der Waals surface area contributed by atoms with Crippen molar-refractivity contribution >= 4 is 35.7 Å². The standard InChI is InChI=1S/C16H19ClN4O.ClH/c17-14-5-3-12(4-6-14)11-21-15(7-9-19-21)20-16(22)13-2-1-8-18-10-13;/h3-7,9,13,18H,1-2,8,10-11H2,(H,20,22);1H. The molecule has 3 rings (SSSR count). The van der Waals surface area contributed by atoms with Crippen LogP contribution in [0.4, 0.5) is 5.82 Å². The highest BCUT2D eigenvalue weighted by Crippen LogP contribution is 2.16. The molecule has 1 aromatic heterocycles. The lowest BCUT2D eigenvalue weighted by Crippen LogP contribution is -2.37. The molecule has 7 heteroatoms. The van der Waals surface area contributed by atoms with Gasteiger partial charge in [0, 0.05) is 17.6 Å². The van der Waals surface area contributed by atoms with Crippen LogP contribution in [0, 0.1) is 5.92 Å². The van der Waals surface area contributed by atoms with E-state index >= 15 is 0 Å². The molecule has 0 bridgehead atoms. The Morgan fingerprint density at radius 1 is 1.35 bits per heavy atom. The van der Waals surface area contributed by atoms with Crippen LogP contribution in [0.1, 0.15) is 18.4 Å². The summed E-state index contributed by atoms with van der Waals surface area (Å²) in [7, 11) is 0. The molecule has 0 aliphatic carbocycles. The van der Waals surface area contributed by atoms with Gasteiger partial charge in [0.1, 0.15) is 5.82 Å². The molecule has 124 valence electrons. The Morgan fingerprint density at radius 2 is 2.13 bits per heavy atom. The number of carbonyl (C=O) groups is 1. The molecule has 1 amide bonds. The van der Waals surface area contributed by atoms with Crippen molar-refractivity contribution in [2.24, 2.45) is 5.92 Å². The van der Waals surface area contributed by atoms with Gasteiger partial charge in [0.2, 0.25) is 5.91 Å². The van der Waals surface area contributed by atoms with E-state index in [1.165, 1.54) is 0 Å². The summed E-state index contributed by atoms with van der Waals surface area (Å²) in [5.41, 5.74) is 1.09. The number of carbonyl (C=O) groups excluding carboxylic acids is 1. The maximum Gasteiger partial charge on any atom is 0.229 e. The number of hydrogen-bond acceptors (Lipinski definition) is 3. The van der Waals surface area contributed by atoms with Gasteiger partial charge in [-0.25, -0.2) is 4.68 Å². The number of nitrogens with zero attached hydrogens (tertiary/aromatic N) is 2. The highest BCUT2D eigenvalue weighted by Gasteiger charge is 2.21. The third-order valence-electron chi connectivity index (χ3n) is 3.88. The van der Waals surface area contributed by atoms with Crippen molar-refractivity contribution in [3.63, 3.8) is 0 Å². The quantitative estimate of drug-likeness (QED) is 0.887. The number of benzene rings is 1. The summed E-state index contributed by atoms with van der Waals surface area (Å²) in [5.74, 6) is 0.822. The Bertz CT molecular complexity index is 636. The van der Waals surface area contributed by atoms with Gasteiger partial charge in [-0.05, 0) is 37.1 Å². The van der Waals surface area contributed by atoms with Crippen molar-refractivity contribution in [1.82, 2.24) is 15.1 Å². The second kappa shape index (κ2) is 8.34. The van der Waals surface area contributed by atoms with Crippen molar-refractivity contribution in [1.29, 1.82) is 0 Å². The number of amides is 1. The summed E-state index contributed by atoms with van der Waals surface area (Å²) < 4.78 is 1.79. The topological polar surface area (TPSA) is 59.0 Å². The van der Waals surface area contributed by atoms with Crippen LogP contribution in [0.25, 0.3) is 0 Å². The lowest BCUT2D eigenvalue weighted by atomic mass is 9.99. The first-order valence-corrected chi connectivity index (χ1v) is 7.88. The van der Waals surface area contributed by atoms with Crippen LogP contribution in [0.3, 0.4) is 0 Å². The van der Waals surface area contributed by atoms with Crippen molar-refractivity contribution in [3.05, 3.63) is 47.1 Å². The number of aromatic nitrogens is 2. The van der Waals surface area contributed by atoms with E-state index in [1.807, 2.05) is 30.3 Å². The highest BCUT2D eigenvalue weighted by atomic mass is 35.5. The van der Waals surface area contributed by atoms with E-state index in [0.29, 0.717) is 11.6 Å². The zero-order valence-electron chi connectivity index (χ0n) is 12.7. The fourth-order valence-electron chi connectivity index (χ4n) is 2.63. The van der Waals surface area contributed by atoms with Gasteiger partial charge < -0.3 is 10.6 Å². The van der Waals surface area contributed by atoms with Gasteiger partial charge >= 0.3 is 0 Å². The van der Waals surface area contributed by atoms with Crippen LogP contribution < -0.4 is 10.6 Å². The minimum atomic E-state index is 0. The number of rotatable bonds is 4. The Kier molecular flexibility index (Phi) is 6.45. The fourth-order valence-corrected chi connectivity index (χ4v) is 2.76. The van der Waals surface area contributed by atoms with E-state index in [9.17, 15) is 4.79 Å². The molecule has 1 fully saturated rings. The van der Waals surface area contributed by atoms with Gasteiger partial charge in [-0.1, -0.05) is 23.7 Å². The molecular formula is C16H20Cl2N4O. The molecule has 1 aromatic carbocycles. The molecule has 1 unspecified atom stereocenters. The molecule has 23 heavy (non-hydrogen) atoms. The fraction of sp³-hybridized carbons (Fsp3) is 0.375. The van der Waals surface area contributed by atoms with Gasteiger partial charge in [-0.3, -0.25) is 4.79 Å². The summed E-state index contributed by atoms with van der Waals surface area (Å²) in [6.45, 7) is 2.35. The maximum absolute atomic E-state index is 12.3. The van der Waals surface area contributed by atoms with Crippen LogP contribution in [-0.2, 0) is 11.3 Å². The molecule has 0 saturated carbocycles. The largest absolute Gasteiger partial charge is 0.316 e. The van der Waals surface area contributed by atoms with Gasteiger partial charge in [0.05, 0.1) is 18.7 Å². The summed E-state index contributed by atoms with van der Waals surface area (Å²) >= 11 is 5.89.